The molecule has 0 unspecified atom stereocenters. The van der Waals surface area contributed by atoms with Crippen LogP contribution in [0.5, 0.6) is 23.0 Å². The van der Waals surface area contributed by atoms with Crippen LogP contribution in [0.25, 0.3) is 0 Å². The van der Waals surface area contributed by atoms with Gasteiger partial charge in [-0.3, -0.25) is 14.9 Å². The smallest absolute Gasteiger partial charge is 0.277 e. The van der Waals surface area contributed by atoms with Gasteiger partial charge in [0.05, 0.1) is 45.8 Å². The van der Waals surface area contributed by atoms with Gasteiger partial charge < -0.3 is 29.2 Å². The molecule has 0 aliphatic rings. The number of methoxy groups -OCH3 is 4. The Morgan fingerprint density at radius 2 is 1.56 bits per heavy atom. The highest BCUT2D eigenvalue weighted by atomic mass is 16.6. The number of likely N-dealkylation sites (N-methyl/N-ethyl adjacent to an activating group) is 1. The monoisotopic (exact) mass is 475 g/mol. The second-order valence-electron chi connectivity index (χ2n) is 7.72. The van der Waals surface area contributed by atoms with E-state index in [0.29, 0.717) is 23.8 Å². The van der Waals surface area contributed by atoms with Crippen molar-refractivity contribution in [1.29, 1.82) is 0 Å². The van der Waals surface area contributed by atoms with Gasteiger partial charge in [-0.1, -0.05) is 6.07 Å². The maximum Gasteiger partial charge on any atom is 0.277 e. The van der Waals surface area contributed by atoms with E-state index in [1.807, 2.05) is 25.2 Å². The molecule has 1 N–H and O–H groups in total. The summed E-state index contributed by atoms with van der Waals surface area (Å²) in [5, 5.41) is 14.2. The highest BCUT2D eigenvalue weighted by molar-refractivity contribution is 5.80. The average Bonchev–Trinajstić information content (AvgIpc) is 2.84. The van der Waals surface area contributed by atoms with Crippen molar-refractivity contribution >= 4 is 11.6 Å². The van der Waals surface area contributed by atoms with Gasteiger partial charge in [-0.05, 0) is 50.2 Å². The lowest BCUT2D eigenvalue weighted by Crippen LogP contribution is -2.30. The Kier molecular flexibility index (Phi) is 10.4. The van der Waals surface area contributed by atoms with Crippen molar-refractivity contribution in [2.75, 3.05) is 55.1 Å². The van der Waals surface area contributed by atoms with E-state index in [1.165, 1.54) is 26.4 Å². The number of benzene rings is 2. The molecule has 0 saturated heterocycles. The minimum absolute atomic E-state index is 0.119. The average molecular weight is 476 g/mol. The standard InChI is InChI=1S/C24H33N3O7/c1-26(12-9-17-7-8-20(31-2)21(13-17)32-3)11-6-10-25-24(28)15-18-14-22(33-4)23(34-5)16-19(18)27(29)30/h7-8,13-14,16H,6,9-12,15H2,1-5H3,(H,25,28). The van der Waals surface area contributed by atoms with Gasteiger partial charge in [0.2, 0.25) is 5.91 Å². The fourth-order valence-corrected chi connectivity index (χ4v) is 3.50. The third-order valence-electron chi connectivity index (χ3n) is 5.40. The van der Waals surface area contributed by atoms with Crippen molar-refractivity contribution in [2.45, 2.75) is 19.3 Å². The number of nitrogens with one attached hydrogen (secondary N) is 1. The first-order valence-corrected chi connectivity index (χ1v) is 10.9. The van der Waals surface area contributed by atoms with Crippen LogP contribution in [-0.4, -0.2) is 70.9 Å². The second-order valence-corrected chi connectivity index (χ2v) is 7.72. The van der Waals surface area contributed by atoms with Crippen LogP contribution >= 0.6 is 0 Å². The molecule has 2 rings (SSSR count). The number of carbonyl (C=O) groups excluding carboxylic acids is 1. The van der Waals surface area contributed by atoms with Gasteiger partial charge in [0.25, 0.3) is 5.69 Å². The van der Waals surface area contributed by atoms with Crippen LogP contribution in [0.4, 0.5) is 5.69 Å². The Labute approximate surface area is 199 Å². The molecule has 186 valence electrons. The number of rotatable bonds is 14. The molecule has 0 aliphatic heterocycles. The minimum Gasteiger partial charge on any atom is -0.493 e. The van der Waals surface area contributed by atoms with Crippen molar-refractivity contribution in [3.8, 4) is 23.0 Å². The van der Waals surface area contributed by atoms with Crippen LogP contribution in [0.3, 0.4) is 0 Å². The molecular formula is C24H33N3O7. The maximum absolute atomic E-state index is 12.4. The summed E-state index contributed by atoms with van der Waals surface area (Å²) in [4.78, 5) is 25.4. The third kappa shape index (κ3) is 7.51. The molecule has 0 spiro atoms. The first-order chi connectivity index (χ1) is 16.3. The van der Waals surface area contributed by atoms with Gasteiger partial charge in [0.15, 0.2) is 23.0 Å². The summed E-state index contributed by atoms with van der Waals surface area (Å²) in [5.41, 5.74) is 1.24. The molecule has 0 saturated carbocycles. The minimum atomic E-state index is -0.530. The number of ether oxygens (including phenoxy) is 4. The van der Waals surface area contributed by atoms with Crippen molar-refractivity contribution in [2.24, 2.45) is 0 Å². The van der Waals surface area contributed by atoms with Crippen LogP contribution in [-0.2, 0) is 17.6 Å². The van der Waals surface area contributed by atoms with Crippen LogP contribution in [0.1, 0.15) is 17.5 Å². The Hall–Kier alpha value is -3.53. The molecule has 0 fully saturated rings. The van der Waals surface area contributed by atoms with Crippen LogP contribution in [0.15, 0.2) is 30.3 Å². The fraction of sp³-hybridized carbons (Fsp3) is 0.458. The van der Waals surface area contributed by atoms with E-state index in [1.54, 1.807) is 14.2 Å². The molecule has 0 bridgehead atoms. The molecule has 0 aromatic heterocycles. The summed E-state index contributed by atoms with van der Waals surface area (Å²) in [6.07, 6.45) is 1.49. The Bertz CT molecular complexity index is 981. The summed E-state index contributed by atoms with van der Waals surface area (Å²) >= 11 is 0. The highest BCUT2D eigenvalue weighted by Crippen LogP contribution is 2.34. The van der Waals surface area contributed by atoms with E-state index in [2.05, 4.69) is 10.2 Å². The number of nitrogens with zero attached hydrogens (tertiary/aromatic N) is 2. The molecule has 0 atom stereocenters. The van der Waals surface area contributed by atoms with E-state index in [0.717, 1.165) is 31.5 Å². The van der Waals surface area contributed by atoms with E-state index < -0.39 is 4.92 Å². The van der Waals surface area contributed by atoms with Crippen molar-refractivity contribution in [1.82, 2.24) is 10.2 Å². The number of nitro groups is 1. The first kappa shape index (κ1) is 26.7. The van der Waals surface area contributed by atoms with E-state index in [-0.39, 0.29) is 29.3 Å². The molecular weight excluding hydrogens is 442 g/mol. The van der Waals surface area contributed by atoms with E-state index >= 15 is 0 Å². The van der Waals surface area contributed by atoms with E-state index in [4.69, 9.17) is 18.9 Å². The molecule has 0 aliphatic carbocycles. The molecule has 1 amide bonds. The lowest BCUT2D eigenvalue weighted by atomic mass is 10.1. The fourth-order valence-electron chi connectivity index (χ4n) is 3.50. The lowest BCUT2D eigenvalue weighted by molar-refractivity contribution is -0.385. The normalized spacial score (nSPS) is 10.6. The van der Waals surface area contributed by atoms with Crippen molar-refractivity contribution in [3.63, 3.8) is 0 Å². The Balaban J connectivity index is 1.80. The molecule has 0 heterocycles. The van der Waals surface area contributed by atoms with E-state index in [9.17, 15) is 14.9 Å². The zero-order chi connectivity index (χ0) is 25.1. The summed E-state index contributed by atoms with van der Waals surface area (Å²) in [6, 6.07) is 8.63. The number of carbonyl (C=O) groups is 1. The number of amides is 1. The molecule has 34 heavy (non-hydrogen) atoms. The van der Waals surface area contributed by atoms with Crippen molar-refractivity contribution < 1.29 is 28.7 Å². The summed E-state index contributed by atoms with van der Waals surface area (Å²) < 4.78 is 20.9. The maximum atomic E-state index is 12.4. The van der Waals surface area contributed by atoms with Crippen LogP contribution in [0, 0.1) is 10.1 Å². The van der Waals surface area contributed by atoms with Gasteiger partial charge in [0, 0.05) is 18.7 Å². The first-order valence-electron chi connectivity index (χ1n) is 10.9. The second kappa shape index (κ2) is 13.2. The largest absolute Gasteiger partial charge is 0.493 e. The summed E-state index contributed by atoms with van der Waals surface area (Å²) in [5.74, 6) is 1.71. The molecule has 2 aromatic rings. The predicted octanol–water partition coefficient (Wildman–Crippen LogP) is 2.85. The van der Waals surface area contributed by atoms with Gasteiger partial charge >= 0.3 is 0 Å². The van der Waals surface area contributed by atoms with Crippen LogP contribution < -0.4 is 24.3 Å². The molecule has 2 aromatic carbocycles. The quantitative estimate of drug-likeness (QED) is 0.252. The lowest BCUT2D eigenvalue weighted by Gasteiger charge is -2.17. The van der Waals surface area contributed by atoms with Gasteiger partial charge in [-0.15, -0.1) is 0 Å². The Morgan fingerprint density at radius 1 is 0.941 bits per heavy atom. The van der Waals surface area contributed by atoms with Gasteiger partial charge in [-0.2, -0.15) is 0 Å². The molecule has 0 radical (unpaired) electrons. The topological polar surface area (TPSA) is 112 Å². The zero-order valence-electron chi connectivity index (χ0n) is 20.4. The van der Waals surface area contributed by atoms with Crippen LogP contribution in [0.2, 0.25) is 0 Å². The van der Waals surface area contributed by atoms with Gasteiger partial charge in [0.1, 0.15) is 0 Å². The molecule has 10 nitrogen and oxygen atoms in total. The van der Waals surface area contributed by atoms with Crippen molar-refractivity contribution in [3.05, 3.63) is 51.6 Å². The predicted molar refractivity (Wildman–Crippen MR) is 128 cm³/mol. The zero-order valence-corrected chi connectivity index (χ0v) is 20.4. The summed E-state index contributed by atoms with van der Waals surface area (Å²) in [6.45, 7) is 2.12. The number of hydrogen-bond donors (Lipinski definition) is 1. The van der Waals surface area contributed by atoms with Gasteiger partial charge in [-0.25, -0.2) is 0 Å². The Morgan fingerprint density at radius 3 is 2.18 bits per heavy atom. The SMILES string of the molecule is COc1ccc(CCN(C)CCCNC(=O)Cc2cc(OC)c(OC)cc2[N+](=O)[O-])cc1OC. The third-order valence-corrected chi connectivity index (χ3v) is 5.40. The highest BCUT2D eigenvalue weighted by Gasteiger charge is 2.21. The molecule has 10 heteroatoms. The number of nitro benzene ring substituents is 1. The number of hydrogen-bond acceptors (Lipinski definition) is 8. The summed E-state index contributed by atoms with van der Waals surface area (Å²) in [7, 11) is 8.09.